The van der Waals surface area contributed by atoms with Crippen molar-refractivity contribution in [3.63, 3.8) is 0 Å². The van der Waals surface area contributed by atoms with Gasteiger partial charge >= 0.3 is 0 Å². The van der Waals surface area contributed by atoms with E-state index in [2.05, 4.69) is 33.0 Å². The van der Waals surface area contributed by atoms with Crippen molar-refractivity contribution >= 4 is 5.91 Å². The van der Waals surface area contributed by atoms with Gasteiger partial charge < -0.3 is 11.1 Å². The average molecular weight is 212 g/mol. The van der Waals surface area contributed by atoms with Crippen LogP contribution in [0.15, 0.2) is 0 Å². The number of hydrogen-bond acceptors (Lipinski definition) is 2. The van der Waals surface area contributed by atoms with Gasteiger partial charge in [-0.2, -0.15) is 0 Å². The number of amides is 1. The van der Waals surface area contributed by atoms with E-state index in [4.69, 9.17) is 5.73 Å². The normalized spacial score (nSPS) is 20.9. The van der Waals surface area contributed by atoms with Crippen LogP contribution in [0.2, 0.25) is 0 Å². The third kappa shape index (κ3) is 4.20. The van der Waals surface area contributed by atoms with Gasteiger partial charge in [0.05, 0.1) is 0 Å². The van der Waals surface area contributed by atoms with E-state index in [0.29, 0.717) is 18.4 Å². The first-order chi connectivity index (χ1) is 6.80. The Morgan fingerprint density at radius 3 is 2.40 bits per heavy atom. The van der Waals surface area contributed by atoms with Gasteiger partial charge in [-0.1, -0.05) is 20.8 Å². The number of carbonyl (C=O) groups excluding carboxylic acids is 1. The molecule has 0 heterocycles. The molecule has 0 bridgehead atoms. The monoisotopic (exact) mass is 212 g/mol. The van der Waals surface area contributed by atoms with Crippen molar-refractivity contribution in [1.82, 2.24) is 5.32 Å². The van der Waals surface area contributed by atoms with E-state index in [1.165, 1.54) is 12.8 Å². The number of hydrogen-bond donors (Lipinski definition) is 2. The molecule has 0 aromatic rings. The Labute approximate surface area is 92.8 Å². The van der Waals surface area contributed by atoms with Crippen molar-refractivity contribution in [1.29, 1.82) is 0 Å². The standard InChI is InChI=1S/C12H24N2O/c1-8(9-5-6-9)14-11(15)7-10(13)12(2,3)4/h8-10H,5-7,13H2,1-4H3,(H,14,15). The highest BCUT2D eigenvalue weighted by Gasteiger charge is 2.30. The Morgan fingerprint density at radius 2 is 2.00 bits per heavy atom. The molecule has 3 heteroatoms. The molecule has 1 saturated carbocycles. The molecule has 3 N–H and O–H groups in total. The predicted octanol–water partition coefficient (Wildman–Crippen LogP) is 1.66. The van der Waals surface area contributed by atoms with Crippen molar-refractivity contribution in [3.8, 4) is 0 Å². The van der Waals surface area contributed by atoms with Crippen LogP contribution >= 0.6 is 0 Å². The van der Waals surface area contributed by atoms with E-state index in [1.807, 2.05) is 0 Å². The van der Waals surface area contributed by atoms with Crippen LogP contribution in [0.1, 0.15) is 47.0 Å². The molecule has 1 amide bonds. The SMILES string of the molecule is CC(NC(=O)CC(N)C(C)(C)C)C1CC1. The van der Waals surface area contributed by atoms with Gasteiger partial charge in [0.2, 0.25) is 5.91 Å². The second-order valence-corrected chi connectivity index (χ2v) is 5.87. The Morgan fingerprint density at radius 1 is 1.47 bits per heavy atom. The van der Waals surface area contributed by atoms with Gasteiger partial charge in [-0.05, 0) is 31.1 Å². The van der Waals surface area contributed by atoms with Crippen LogP contribution in [-0.4, -0.2) is 18.0 Å². The second-order valence-electron chi connectivity index (χ2n) is 5.87. The topological polar surface area (TPSA) is 55.1 Å². The minimum absolute atomic E-state index is 0.000158. The molecular weight excluding hydrogens is 188 g/mol. The molecular formula is C12H24N2O. The highest BCUT2D eigenvalue weighted by Crippen LogP contribution is 2.32. The molecule has 15 heavy (non-hydrogen) atoms. The summed E-state index contributed by atoms with van der Waals surface area (Å²) >= 11 is 0. The lowest BCUT2D eigenvalue weighted by Gasteiger charge is -2.27. The Kier molecular flexibility index (Phi) is 3.77. The molecule has 1 aliphatic carbocycles. The van der Waals surface area contributed by atoms with Gasteiger partial charge in [0.15, 0.2) is 0 Å². The molecule has 1 aliphatic rings. The quantitative estimate of drug-likeness (QED) is 0.744. The van der Waals surface area contributed by atoms with Crippen LogP contribution in [0.4, 0.5) is 0 Å². The highest BCUT2D eigenvalue weighted by atomic mass is 16.1. The van der Waals surface area contributed by atoms with Crippen LogP contribution in [0, 0.1) is 11.3 Å². The molecule has 1 rings (SSSR count). The Bertz CT molecular complexity index is 228. The number of carbonyl (C=O) groups is 1. The third-order valence-electron chi connectivity index (χ3n) is 3.24. The van der Waals surface area contributed by atoms with E-state index in [0.717, 1.165) is 0 Å². The second kappa shape index (κ2) is 4.52. The summed E-state index contributed by atoms with van der Waals surface area (Å²) in [6, 6.07) is 0.258. The molecule has 0 aliphatic heterocycles. The smallest absolute Gasteiger partial charge is 0.221 e. The zero-order chi connectivity index (χ0) is 11.6. The van der Waals surface area contributed by atoms with Crippen molar-refractivity contribution in [2.75, 3.05) is 0 Å². The van der Waals surface area contributed by atoms with Gasteiger partial charge in [-0.25, -0.2) is 0 Å². The molecule has 88 valence electrons. The van der Waals surface area contributed by atoms with Crippen LogP contribution in [0.5, 0.6) is 0 Å². The van der Waals surface area contributed by atoms with Crippen molar-refractivity contribution in [3.05, 3.63) is 0 Å². The lowest BCUT2D eigenvalue weighted by atomic mass is 9.85. The maximum Gasteiger partial charge on any atom is 0.221 e. The summed E-state index contributed by atoms with van der Waals surface area (Å²) in [5.74, 6) is 0.802. The molecule has 0 aromatic heterocycles. The Hall–Kier alpha value is -0.570. The first-order valence-corrected chi connectivity index (χ1v) is 5.85. The van der Waals surface area contributed by atoms with Crippen molar-refractivity contribution in [2.45, 2.75) is 59.0 Å². The van der Waals surface area contributed by atoms with Gasteiger partial charge in [0.1, 0.15) is 0 Å². The fraction of sp³-hybridized carbons (Fsp3) is 0.917. The van der Waals surface area contributed by atoms with Gasteiger partial charge in [0.25, 0.3) is 0 Å². The van der Waals surface area contributed by atoms with E-state index in [1.54, 1.807) is 0 Å². The number of rotatable bonds is 4. The fourth-order valence-corrected chi connectivity index (χ4v) is 1.53. The summed E-state index contributed by atoms with van der Waals surface area (Å²) in [5.41, 5.74) is 5.96. The lowest BCUT2D eigenvalue weighted by Crippen LogP contribution is -2.42. The Balaban J connectivity index is 2.28. The maximum atomic E-state index is 11.7. The molecule has 3 nitrogen and oxygen atoms in total. The van der Waals surface area contributed by atoms with Crippen molar-refractivity contribution < 1.29 is 4.79 Å². The molecule has 0 saturated heterocycles. The first kappa shape index (κ1) is 12.5. The predicted molar refractivity (Wildman–Crippen MR) is 62.4 cm³/mol. The minimum atomic E-state index is -0.0658. The number of nitrogens with two attached hydrogens (primary N) is 1. The molecule has 2 unspecified atom stereocenters. The lowest BCUT2D eigenvalue weighted by molar-refractivity contribution is -0.122. The van der Waals surface area contributed by atoms with Gasteiger partial charge in [-0.3, -0.25) is 4.79 Å². The van der Waals surface area contributed by atoms with Gasteiger partial charge in [-0.15, -0.1) is 0 Å². The summed E-state index contributed by atoms with van der Waals surface area (Å²) in [7, 11) is 0. The van der Waals surface area contributed by atoms with Crippen LogP contribution < -0.4 is 11.1 Å². The summed E-state index contributed by atoms with van der Waals surface area (Å²) < 4.78 is 0. The van der Waals surface area contributed by atoms with E-state index >= 15 is 0 Å². The van der Waals surface area contributed by atoms with Crippen LogP contribution in [0.3, 0.4) is 0 Å². The van der Waals surface area contributed by atoms with Crippen LogP contribution in [-0.2, 0) is 4.79 Å². The fourth-order valence-electron chi connectivity index (χ4n) is 1.53. The third-order valence-corrected chi connectivity index (χ3v) is 3.24. The summed E-state index contributed by atoms with van der Waals surface area (Å²) in [4.78, 5) is 11.7. The summed E-state index contributed by atoms with van der Waals surface area (Å²) in [5, 5.41) is 3.03. The summed E-state index contributed by atoms with van der Waals surface area (Å²) in [6.07, 6.45) is 2.94. The zero-order valence-electron chi connectivity index (χ0n) is 10.3. The van der Waals surface area contributed by atoms with E-state index in [9.17, 15) is 4.79 Å². The van der Waals surface area contributed by atoms with Crippen molar-refractivity contribution in [2.24, 2.45) is 17.1 Å². The molecule has 0 radical (unpaired) electrons. The maximum absolute atomic E-state index is 11.7. The molecule has 2 atom stereocenters. The van der Waals surface area contributed by atoms with Crippen LogP contribution in [0.25, 0.3) is 0 Å². The zero-order valence-corrected chi connectivity index (χ0v) is 10.3. The average Bonchev–Trinajstić information content (AvgIpc) is 2.83. The number of nitrogens with one attached hydrogen (secondary N) is 1. The van der Waals surface area contributed by atoms with E-state index < -0.39 is 0 Å². The molecule has 0 aromatic carbocycles. The largest absolute Gasteiger partial charge is 0.353 e. The van der Waals surface area contributed by atoms with E-state index in [-0.39, 0.29) is 17.4 Å². The molecule has 1 fully saturated rings. The summed E-state index contributed by atoms with van der Waals surface area (Å²) in [6.45, 7) is 8.28. The highest BCUT2D eigenvalue weighted by molar-refractivity contribution is 5.77. The van der Waals surface area contributed by atoms with Gasteiger partial charge in [0, 0.05) is 18.5 Å². The minimum Gasteiger partial charge on any atom is -0.353 e. The molecule has 0 spiro atoms. The first-order valence-electron chi connectivity index (χ1n) is 5.85.